The van der Waals surface area contributed by atoms with Gasteiger partial charge < -0.3 is 14.9 Å². The maximum atomic E-state index is 11.1. The Morgan fingerprint density at radius 1 is 1.44 bits per heavy atom. The highest BCUT2D eigenvalue weighted by molar-refractivity contribution is 9.10. The molecule has 2 N–H and O–H groups in total. The van der Waals surface area contributed by atoms with Crippen LogP contribution in [-0.2, 0) is 4.79 Å². The van der Waals surface area contributed by atoms with Crippen LogP contribution in [0.4, 0.5) is 0 Å². The van der Waals surface area contributed by atoms with E-state index in [2.05, 4.69) is 20.9 Å². The summed E-state index contributed by atoms with van der Waals surface area (Å²) in [4.78, 5) is 26.0. The molecular weight excluding hydrogens is 326 g/mol. The molecule has 0 aliphatic heterocycles. The lowest BCUT2D eigenvalue weighted by atomic mass is 10.3. The third kappa shape index (κ3) is 2.44. The highest BCUT2D eigenvalue weighted by Gasteiger charge is 2.21. The lowest BCUT2D eigenvalue weighted by molar-refractivity contribution is -0.139. The second-order valence-corrected chi connectivity index (χ2v) is 5.17. The molecule has 2 heterocycles. The van der Waals surface area contributed by atoms with Gasteiger partial charge in [0.05, 0.1) is 5.39 Å². The molecule has 0 aliphatic carbocycles. The molecule has 6 nitrogen and oxygen atoms in total. The highest BCUT2D eigenvalue weighted by Crippen LogP contribution is 2.37. The van der Waals surface area contributed by atoms with Gasteiger partial charge >= 0.3 is 11.9 Å². The van der Waals surface area contributed by atoms with Gasteiger partial charge in [-0.3, -0.25) is 0 Å². The van der Waals surface area contributed by atoms with Crippen LogP contribution < -0.4 is 4.74 Å². The van der Waals surface area contributed by atoms with Crippen molar-refractivity contribution in [2.75, 3.05) is 6.61 Å². The SMILES string of the molecule is O=C(O)COc1c(C(=O)O)sc2ncc(Br)cc12. The largest absolute Gasteiger partial charge is 0.479 e. The number of thiophene rings is 1. The number of nitrogens with zero attached hydrogens (tertiary/aromatic N) is 1. The number of rotatable bonds is 4. The third-order valence-electron chi connectivity index (χ3n) is 2.00. The Labute approximate surface area is 113 Å². The maximum Gasteiger partial charge on any atom is 0.349 e. The van der Waals surface area contributed by atoms with Crippen molar-refractivity contribution in [3.63, 3.8) is 0 Å². The summed E-state index contributed by atoms with van der Waals surface area (Å²) < 4.78 is 5.69. The Balaban J connectivity index is 2.57. The van der Waals surface area contributed by atoms with Gasteiger partial charge in [0.15, 0.2) is 17.2 Å². The fourth-order valence-electron chi connectivity index (χ4n) is 1.35. The molecule has 0 bridgehead atoms. The van der Waals surface area contributed by atoms with Gasteiger partial charge in [-0.25, -0.2) is 14.6 Å². The van der Waals surface area contributed by atoms with Crippen molar-refractivity contribution >= 4 is 49.4 Å². The van der Waals surface area contributed by atoms with Crippen molar-refractivity contribution in [1.82, 2.24) is 4.98 Å². The number of aromatic nitrogens is 1. The summed E-state index contributed by atoms with van der Waals surface area (Å²) in [6.07, 6.45) is 1.53. The molecule has 0 aromatic carbocycles. The van der Waals surface area contributed by atoms with E-state index in [4.69, 9.17) is 14.9 Å². The van der Waals surface area contributed by atoms with Gasteiger partial charge in [-0.05, 0) is 22.0 Å². The standard InChI is InChI=1S/C10H6BrNO5S/c11-4-1-5-7(17-3-6(13)14)8(10(15)16)18-9(5)12-2-4/h1-2H,3H2,(H,13,14)(H,15,16). The Bertz CT molecular complexity index is 638. The number of carbonyl (C=O) groups is 2. The number of hydrogen-bond donors (Lipinski definition) is 2. The predicted octanol–water partition coefficient (Wildman–Crippen LogP) is 2.22. The van der Waals surface area contributed by atoms with E-state index in [1.807, 2.05) is 0 Å². The summed E-state index contributed by atoms with van der Waals surface area (Å²) in [5.41, 5.74) is 0. The monoisotopic (exact) mass is 331 g/mol. The summed E-state index contributed by atoms with van der Waals surface area (Å²) in [7, 11) is 0. The molecule has 0 saturated carbocycles. The number of carboxylic acid groups (broad SMARTS) is 2. The first-order valence-corrected chi connectivity index (χ1v) is 6.26. The number of aliphatic carboxylic acids is 1. The van der Waals surface area contributed by atoms with Crippen molar-refractivity contribution in [3.8, 4) is 5.75 Å². The number of hydrogen-bond acceptors (Lipinski definition) is 5. The van der Waals surface area contributed by atoms with Gasteiger partial charge in [0, 0.05) is 10.7 Å². The molecule has 0 atom stereocenters. The van der Waals surface area contributed by atoms with Crippen LogP contribution in [0.15, 0.2) is 16.7 Å². The zero-order chi connectivity index (χ0) is 13.3. The molecule has 0 spiro atoms. The third-order valence-corrected chi connectivity index (χ3v) is 3.52. The fourth-order valence-corrected chi connectivity index (χ4v) is 2.59. The average molecular weight is 332 g/mol. The topological polar surface area (TPSA) is 96.7 Å². The van der Waals surface area contributed by atoms with E-state index < -0.39 is 18.5 Å². The molecule has 0 fully saturated rings. The molecule has 0 radical (unpaired) electrons. The van der Waals surface area contributed by atoms with Crippen LogP contribution in [0.1, 0.15) is 9.67 Å². The van der Waals surface area contributed by atoms with Crippen LogP contribution in [0.5, 0.6) is 5.75 Å². The smallest absolute Gasteiger partial charge is 0.349 e. The quantitative estimate of drug-likeness (QED) is 0.891. The van der Waals surface area contributed by atoms with Crippen LogP contribution in [0, 0.1) is 0 Å². The lowest BCUT2D eigenvalue weighted by Gasteiger charge is -2.02. The number of ether oxygens (including phenoxy) is 1. The molecule has 0 saturated heterocycles. The zero-order valence-electron chi connectivity index (χ0n) is 8.71. The first-order valence-electron chi connectivity index (χ1n) is 4.65. The van der Waals surface area contributed by atoms with Gasteiger partial charge in [-0.15, -0.1) is 11.3 Å². The van der Waals surface area contributed by atoms with E-state index in [0.29, 0.717) is 14.7 Å². The van der Waals surface area contributed by atoms with E-state index in [-0.39, 0.29) is 10.6 Å². The molecule has 0 amide bonds. The molecule has 2 aromatic heterocycles. The number of halogens is 1. The number of aromatic carboxylic acids is 1. The number of pyridine rings is 1. The van der Waals surface area contributed by atoms with Crippen LogP contribution in [0.25, 0.3) is 10.2 Å². The van der Waals surface area contributed by atoms with Crippen molar-refractivity contribution in [2.45, 2.75) is 0 Å². The van der Waals surface area contributed by atoms with Crippen LogP contribution in [-0.4, -0.2) is 33.7 Å². The summed E-state index contributed by atoms with van der Waals surface area (Å²) in [5.74, 6) is -2.30. The molecule has 0 aliphatic rings. The Morgan fingerprint density at radius 2 is 2.17 bits per heavy atom. The Morgan fingerprint density at radius 3 is 2.78 bits per heavy atom. The maximum absolute atomic E-state index is 11.1. The van der Waals surface area contributed by atoms with Crippen molar-refractivity contribution in [3.05, 3.63) is 21.6 Å². The molecule has 2 rings (SSSR count). The van der Waals surface area contributed by atoms with Crippen LogP contribution >= 0.6 is 27.3 Å². The van der Waals surface area contributed by atoms with Gasteiger partial charge in [-0.2, -0.15) is 0 Å². The van der Waals surface area contributed by atoms with Crippen molar-refractivity contribution in [2.24, 2.45) is 0 Å². The van der Waals surface area contributed by atoms with Crippen LogP contribution in [0.2, 0.25) is 0 Å². The molecule has 18 heavy (non-hydrogen) atoms. The van der Waals surface area contributed by atoms with E-state index in [1.54, 1.807) is 6.07 Å². The first-order chi connectivity index (χ1) is 8.49. The summed E-state index contributed by atoms with van der Waals surface area (Å²) in [6, 6.07) is 1.64. The minimum absolute atomic E-state index is 0.0405. The molecule has 8 heteroatoms. The summed E-state index contributed by atoms with van der Waals surface area (Å²) >= 11 is 4.16. The Hall–Kier alpha value is -1.67. The fraction of sp³-hybridized carbons (Fsp3) is 0.100. The second-order valence-electron chi connectivity index (χ2n) is 3.25. The lowest BCUT2D eigenvalue weighted by Crippen LogP contribution is -2.10. The summed E-state index contributed by atoms with van der Waals surface area (Å²) in [5, 5.41) is 18.1. The molecule has 0 unspecified atom stereocenters. The average Bonchev–Trinajstić information content (AvgIpc) is 2.64. The number of carboxylic acids is 2. The summed E-state index contributed by atoms with van der Waals surface area (Å²) in [6.45, 7) is -0.599. The van der Waals surface area contributed by atoms with Gasteiger partial charge in [0.25, 0.3) is 0 Å². The second kappa shape index (κ2) is 4.91. The molecule has 94 valence electrons. The van der Waals surface area contributed by atoms with Gasteiger partial charge in [0.2, 0.25) is 0 Å². The van der Waals surface area contributed by atoms with Crippen LogP contribution in [0.3, 0.4) is 0 Å². The number of fused-ring (bicyclic) bond motifs is 1. The van der Waals surface area contributed by atoms with E-state index in [0.717, 1.165) is 11.3 Å². The normalized spacial score (nSPS) is 10.5. The van der Waals surface area contributed by atoms with Gasteiger partial charge in [0.1, 0.15) is 4.83 Å². The van der Waals surface area contributed by atoms with Gasteiger partial charge in [-0.1, -0.05) is 0 Å². The first kappa shape index (κ1) is 12.8. The molecule has 2 aromatic rings. The van der Waals surface area contributed by atoms with Crippen molar-refractivity contribution in [1.29, 1.82) is 0 Å². The minimum Gasteiger partial charge on any atom is -0.479 e. The molecular formula is C10H6BrNO5S. The van der Waals surface area contributed by atoms with E-state index in [1.165, 1.54) is 6.20 Å². The van der Waals surface area contributed by atoms with E-state index >= 15 is 0 Å². The zero-order valence-corrected chi connectivity index (χ0v) is 11.1. The van der Waals surface area contributed by atoms with E-state index in [9.17, 15) is 9.59 Å². The Kier molecular flexibility index (Phi) is 3.48. The van der Waals surface area contributed by atoms with Crippen molar-refractivity contribution < 1.29 is 24.5 Å². The highest BCUT2D eigenvalue weighted by atomic mass is 79.9. The minimum atomic E-state index is -1.17. The predicted molar refractivity (Wildman–Crippen MR) is 67.4 cm³/mol.